The van der Waals surface area contributed by atoms with Gasteiger partial charge in [-0.15, -0.1) is 0 Å². The van der Waals surface area contributed by atoms with Crippen molar-refractivity contribution in [2.45, 2.75) is 6.54 Å². The molecular weight excluding hydrogens is 255 g/mol. The number of hydrogen-bond donors (Lipinski definition) is 1. The summed E-state index contributed by atoms with van der Waals surface area (Å²) in [7, 11) is 0. The first-order chi connectivity index (χ1) is 9.69. The Morgan fingerprint density at radius 2 is 2.05 bits per heavy atom. The summed E-state index contributed by atoms with van der Waals surface area (Å²) < 4.78 is 15.4. The van der Waals surface area contributed by atoms with E-state index in [-0.39, 0.29) is 11.5 Å². The van der Waals surface area contributed by atoms with E-state index in [0.29, 0.717) is 17.6 Å². The van der Waals surface area contributed by atoms with E-state index in [1.807, 2.05) is 12.1 Å². The molecule has 0 bridgehead atoms. The van der Waals surface area contributed by atoms with Crippen molar-refractivity contribution in [1.82, 2.24) is 9.55 Å². The van der Waals surface area contributed by atoms with Crippen molar-refractivity contribution < 1.29 is 4.39 Å². The maximum Gasteiger partial charge on any atom is 0.201 e. The molecule has 98 valence electrons. The van der Waals surface area contributed by atoms with Crippen molar-refractivity contribution in [3.63, 3.8) is 0 Å². The lowest BCUT2D eigenvalue weighted by atomic mass is 10.1. The number of aromatic nitrogens is 2. The van der Waals surface area contributed by atoms with E-state index in [2.05, 4.69) is 11.1 Å². The van der Waals surface area contributed by atoms with Crippen LogP contribution in [0.1, 0.15) is 11.1 Å². The molecule has 0 fully saturated rings. The monoisotopic (exact) mass is 266 g/mol. The predicted molar refractivity (Wildman–Crippen MR) is 74.4 cm³/mol. The Bertz CT molecular complexity index is 829. The highest BCUT2D eigenvalue weighted by Gasteiger charge is 2.11. The average molecular weight is 266 g/mol. The summed E-state index contributed by atoms with van der Waals surface area (Å²) in [4.78, 5) is 4.05. The number of benzene rings is 2. The van der Waals surface area contributed by atoms with E-state index in [1.165, 1.54) is 6.07 Å². The van der Waals surface area contributed by atoms with Gasteiger partial charge < -0.3 is 10.3 Å². The molecule has 0 aliphatic rings. The van der Waals surface area contributed by atoms with Crippen LogP contribution in [0.25, 0.3) is 11.0 Å². The second-order valence-electron chi connectivity index (χ2n) is 4.48. The van der Waals surface area contributed by atoms with Gasteiger partial charge in [0.2, 0.25) is 5.95 Å². The van der Waals surface area contributed by atoms with Crippen molar-refractivity contribution >= 4 is 17.0 Å². The Morgan fingerprint density at radius 1 is 1.25 bits per heavy atom. The molecule has 20 heavy (non-hydrogen) atoms. The van der Waals surface area contributed by atoms with Gasteiger partial charge in [-0.1, -0.05) is 18.2 Å². The Labute approximate surface area is 114 Å². The SMILES string of the molecule is N#Cc1cccc(Cn2c(N)nc3c(F)cccc32)c1. The lowest BCUT2D eigenvalue weighted by Crippen LogP contribution is -2.04. The fourth-order valence-corrected chi connectivity index (χ4v) is 2.22. The third kappa shape index (κ3) is 1.97. The molecule has 0 saturated heterocycles. The van der Waals surface area contributed by atoms with Gasteiger partial charge in [0, 0.05) is 0 Å². The third-order valence-corrected chi connectivity index (χ3v) is 3.16. The van der Waals surface area contributed by atoms with Gasteiger partial charge >= 0.3 is 0 Å². The van der Waals surface area contributed by atoms with Crippen LogP contribution in [0.3, 0.4) is 0 Å². The number of imidazole rings is 1. The summed E-state index contributed by atoms with van der Waals surface area (Å²) in [5.41, 5.74) is 8.27. The molecule has 0 amide bonds. The molecule has 2 N–H and O–H groups in total. The lowest BCUT2D eigenvalue weighted by Gasteiger charge is -2.07. The highest BCUT2D eigenvalue weighted by atomic mass is 19.1. The number of halogens is 1. The topological polar surface area (TPSA) is 67.6 Å². The van der Waals surface area contributed by atoms with Crippen molar-refractivity contribution in [3.8, 4) is 6.07 Å². The van der Waals surface area contributed by atoms with E-state index in [0.717, 1.165) is 5.56 Å². The Kier molecular flexibility index (Phi) is 2.84. The summed E-state index contributed by atoms with van der Waals surface area (Å²) >= 11 is 0. The first-order valence-electron chi connectivity index (χ1n) is 6.08. The fraction of sp³-hybridized carbons (Fsp3) is 0.0667. The molecule has 0 aliphatic carbocycles. The zero-order valence-electron chi connectivity index (χ0n) is 10.5. The Balaban J connectivity index is 2.09. The quantitative estimate of drug-likeness (QED) is 0.775. The normalized spacial score (nSPS) is 10.6. The van der Waals surface area contributed by atoms with E-state index in [4.69, 9.17) is 11.0 Å². The summed E-state index contributed by atoms with van der Waals surface area (Å²) in [5.74, 6) is -0.133. The van der Waals surface area contributed by atoms with Crippen LogP contribution in [0.2, 0.25) is 0 Å². The van der Waals surface area contributed by atoms with Crippen molar-refractivity contribution in [2.75, 3.05) is 5.73 Å². The van der Waals surface area contributed by atoms with E-state index >= 15 is 0 Å². The number of nitrogens with zero attached hydrogens (tertiary/aromatic N) is 3. The number of fused-ring (bicyclic) bond motifs is 1. The summed E-state index contributed by atoms with van der Waals surface area (Å²) in [6.07, 6.45) is 0. The molecule has 5 heteroatoms. The number of rotatable bonds is 2. The standard InChI is InChI=1S/C15H11FN4/c16-12-5-2-6-13-14(12)19-15(18)20(13)9-11-4-1-3-10(7-11)8-17/h1-7H,9H2,(H2,18,19). The second-order valence-corrected chi connectivity index (χ2v) is 4.48. The number of nitrogen functional groups attached to an aromatic ring is 1. The van der Waals surface area contributed by atoms with Crippen molar-refractivity contribution in [2.24, 2.45) is 0 Å². The maximum atomic E-state index is 13.7. The minimum Gasteiger partial charge on any atom is -0.369 e. The van der Waals surface area contributed by atoms with Gasteiger partial charge in [0.1, 0.15) is 5.52 Å². The number of nitrogens with two attached hydrogens (primary N) is 1. The van der Waals surface area contributed by atoms with Crippen LogP contribution in [-0.4, -0.2) is 9.55 Å². The summed E-state index contributed by atoms with van der Waals surface area (Å²) in [6, 6.07) is 14.1. The number of para-hydroxylation sites is 1. The van der Waals surface area contributed by atoms with E-state index < -0.39 is 5.82 Å². The number of anilines is 1. The molecule has 4 nitrogen and oxygen atoms in total. The van der Waals surface area contributed by atoms with Gasteiger partial charge in [-0.25, -0.2) is 9.37 Å². The highest BCUT2D eigenvalue weighted by molar-refractivity contribution is 5.79. The number of nitriles is 1. The molecule has 0 saturated carbocycles. The Morgan fingerprint density at radius 3 is 2.85 bits per heavy atom. The first kappa shape index (κ1) is 12.2. The highest BCUT2D eigenvalue weighted by Crippen LogP contribution is 2.21. The maximum absolute atomic E-state index is 13.7. The molecule has 0 spiro atoms. The molecule has 2 aromatic carbocycles. The van der Waals surface area contributed by atoms with Crippen LogP contribution >= 0.6 is 0 Å². The molecule has 0 aliphatic heterocycles. The van der Waals surface area contributed by atoms with Gasteiger partial charge in [0.05, 0.1) is 23.7 Å². The second kappa shape index (κ2) is 4.67. The van der Waals surface area contributed by atoms with Crippen molar-refractivity contribution in [3.05, 3.63) is 59.4 Å². The van der Waals surface area contributed by atoms with Crippen LogP contribution in [0.4, 0.5) is 10.3 Å². The summed E-state index contributed by atoms with van der Waals surface area (Å²) in [6.45, 7) is 0.446. The van der Waals surface area contributed by atoms with Gasteiger partial charge in [0.25, 0.3) is 0 Å². The largest absolute Gasteiger partial charge is 0.369 e. The number of hydrogen-bond acceptors (Lipinski definition) is 3. The van der Waals surface area contributed by atoms with Crippen molar-refractivity contribution in [1.29, 1.82) is 5.26 Å². The van der Waals surface area contributed by atoms with E-state index in [9.17, 15) is 4.39 Å². The average Bonchev–Trinajstić information content (AvgIpc) is 2.78. The van der Waals surface area contributed by atoms with Crippen LogP contribution in [0, 0.1) is 17.1 Å². The van der Waals surface area contributed by atoms with Gasteiger partial charge in [0.15, 0.2) is 5.82 Å². The zero-order chi connectivity index (χ0) is 14.1. The van der Waals surface area contributed by atoms with E-state index in [1.54, 1.807) is 28.8 Å². The molecule has 3 rings (SSSR count). The zero-order valence-corrected chi connectivity index (χ0v) is 10.5. The molecule has 0 unspecified atom stereocenters. The molecule has 0 radical (unpaired) electrons. The van der Waals surface area contributed by atoms with Crippen LogP contribution in [0.15, 0.2) is 42.5 Å². The Hall–Kier alpha value is -2.87. The van der Waals surface area contributed by atoms with Gasteiger partial charge in [-0.2, -0.15) is 5.26 Å². The van der Waals surface area contributed by atoms with Gasteiger partial charge in [-0.3, -0.25) is 0 Å². The minimum atomic E-state index is -0.390. The molecule has 3 aromatic rings. The van der Waals surface area contributed by atoms with Crippen LogP contribution < -0.4 is 5.73 Å². The molecule has 0 atom stereocenters. The van der Waals surface area contributed by atoms with Crippen LogP contribution in [0.5, 0.6) is 0 Å². The first-order valence-corrected chi connectivity index (χ1v) is 6.08. The van der Waals surface area contributed by atoms with Crippen LogP contribution in [-0.2, 0) is 6.54 Å². The fourth-order valence-electron chi connectivity index (χ4n) is 2.22. The predicted octanol–water partition coefficient (Wildman–Crippen LogP) is 2.68. The molecule has 1 heterocycles. The smallest absolute Gasteiger partial charge is 0.201 e. The molecular formula is C15H11FN4. The molecule has 1 aromatic heterocycles. The summed E-state index contributed by atoms with van der Waals surface area (Å²) in [5, 5.41) is 8.91. The lowest BCUT2D eigenvalue weighted by molar-refractivity contribution is 0.637. The van der Waals surface area contributed by atoms with Gasteiger partial charge in [-0.05, 0) is 29.8 Å². The minimum absolute atomic E-state index is 0.257. The third-order valence-electron chi connectivity index (χ3n) is 3.16.